The van der Waals surface area contributed by atoms with Gasteiger partial charge in [0.05, 0.1) is 17.3 Å². The van der Waals surface area contributed by atoms with Crippen molar-refractivity contribution in [2.24, 2.45) is 5.10 Å². The van der Waals surface area contributed by atoms with Crippen molar-refractivity contribution < 1.29 is 4.79 Å². The second-order valence-electron chi connectivity index (χ2n) is 6.29. The van der Waals surface area contributed by atoms with Crippen molar-refractivity contribution in [3.8, 4) is 0 Å². The van der Waals surface area contributed by atoms with Gasteiger partial charge in [0.2, 0.25) is 5.91 Å². The number of carbonyl (C=O) groups excluding carboxylic acids is 1. The number of amides is 1. The summed E-state index contributed by atoms with van der Waals surface area (Å²) in [6.07, 6.45) is 1.01. The molecule has 0 spiro atoms. The summed E-state index contributed by atoms with van der Waals surface area (Å²) in [5.41, 5.74) is 3.59. The van der Waals surface area contributed by atoms with Gasteiger partial charge in [0, 0.05) is 23.8 Å². The van der Waals surface area contributed by atoms with Gasteiger partial charge in [0.15, 0.2) is 0 Å². The smallest absolute Gasteiger partial charge is 0.242 e. The topological polar surface area (TPSA) is 45.6 Å². The lowest BCUT2D eigenvalue weighted by Crippen LogP contribution is -2.26. The number of carbonyl (C=O) groups is 1. The Morgan fingerprint density at radius 1 is 1.15 bits per heavy atom. The van der Waals surface area contributed by atoms with E-state index >= 15 is 0 Å². The Labute approximate surface area is 157 Å². The molecule has 0 saturated heterocycles. The van der Waals surface area contributed by atoms with Gasteiger partial charge < -0.3 is 0 Å². The third-order valence-corrected chi connectivity index (χ3v) is 4.94. The van der Waals surface area contributed by atoms with Gasteiger partial charge in [0.1, 0.15) is 5.15 Å². The van der Waals surface area contributed by atoms with Crippen LogP contribution in [0.1, 0.15) is 36.9 Å². The van der Waals surface area contributed by atoms with E-state index < -0.39 is 0 Å². The Kier molecular flexibility index (Phi) is 4.43. The minimum Gasteiger partial charge on any atom is -0.273 e. The Bertz CT molecular complexity index is 1000. The molecule has 0 bridgehead atoms. The maximum Gasteiger partial charge on any atom is 0.242 e. The first kappa shape index (κ1) is 16.7. The number of aromatic nitrogens is 1. The lowest BCUT2D eigenvalue weighted by Gasteiger charge is -2.22. The number of para-hydroxylation sites is 1. The second kappa shape index (κ2) is 6.89. The molecule has 0 radical (unpaired) electrons. The molecule has 26 heavy (non-hydrogen) atoms. The van der Waals surface area contributed by atoms with E-state index in [4.69, 9.17) is 11.6 Å². The molecule has 0 saturated carbocycles. The second-order valence-corrected chi connectivity index (χ2v) is 6.64. The molecule has 1 atom stereocenters. The van der Waals surface area contributed by atoms with Gasteiger partial charge in [-0.25, -0.2) is 9.99 Å². The van der Waals surface area contributed by atoms with Crippen molar-refractivity contribution in [1.82, 2.24) is 9.99 Å². The zero-order valence-corrected chi connectivity index (χ0v) is 15.1. The predicted octanol–water partition coefficient (Wildman–Crippen LogP) is 4.98. The first-order valence-corrected chi connectivity index (χ1v) is 9.05. The summed E-state index contributed by atoms with van der Waals surface area (Å²) in [5, 5.41) is 7.62. The Hall–Kier alpha value is -2.72. The largest absolute Gasteiger partial charge is 0.273 e. The number of hydrogen-bond donors (Lipinski definition) is 0. The zero-order valence-electron chi connectivity index (χ0n) is 14.4. The first-order chi connectivity index (χ1) is 12.7. The Morgan fingerprint density at radius 2 is 1.88 bits per heavy atom. The van der Waals surface area contributed by atoms with Crippen LogP contribution in [0.2, 0.25) is 5.15 Å². The standard InChI is InChI=1S/C21H18ClN3O/c1-2-20(26)25-19(13-18(24-25)14-8-4-3-5-9-14)16-12-15-10-6-7-11-17(15)23-21(16)22/h3-12,19H,2,13H2,1H3. The normalized spacial score (nSPS) is 16.8. The summed E-state index contributed by atoms with van der Waals surface area (Å²) in [6, 6.07) is 19.6. The average molecular weight is 364 g/mol. The van der Waals surface area contributed by atoms with Crippen LogP contribution in [0, 0.1) is 0 Å². The van der Waals surface area contributed by atoms with Crippen LogP contribution in [0.3, 0.4) is 0 Å². The van der Waals surface area contributed by atoms with E-state index in [0.29, 0.717) is 18.0 Å². The van der Waals surface area contributed by atoms with Gasteiger partial charge in [-0.15, -0.1) is 0 Å². The number of fused-ring (bicyclic) bond motifs is 1. The Morgan fingerprint density at radius 3 is 2.65 bits per heavy atom. The molecule has 5 heteroatoms. The maximum atomic E-state index is 12.5. The lowest BCUT2D eigenvalue weighted by atomic mass is 9.98. The summed E-state index contributed by atoms with van der Waals surface area (Å²) < 4.78 is 0. The van der Waals surface area contributed by atoms with E-state index in [1.807, 2.05) is 67.6 Å². The van der Waals surface area contributed by atoms with Crippen LogP contribution < -0.4 is 0 Å². The van der Waals surface area contributed by atoms with Gasteiger partial charge in [-0.3, -0.25) is 4.79 Å². The highest BCUT2D eigenvalue weighted by Gasteiger charge is 2.34. The van der Waals surface area contributed by atoms with Gasteiger partial charge in [-0.05, 0) is 17.7 Å². The van der Waals surface area contributed by atoms with Crippen LogP contribution in [0.15, 0.2) is 65.8 Å². The molecule has 3 aromatic rings. The number of pyridine rings is 1. The number of benzene rings is 2. The third kappa shape index (κ3) is 2.97. The fraction of sp³-hybridized carbons (Fsp3) is 0.190. The van der Waals surface area contributed by atoms with Crippen molar-refractivity contribution in [2.75, 3.05) is 0 Å². The van der Waals surface area contributed by atoms with Crippen LogP contribution >= 0.6 is 11.6 Å². The summed E-state index contributed by atoms with van der Waals surface area (Å²) >= 11 is 6.49. The van der Waals surface area contributed by atoms with Crippen LogP contribution in [0.25, 0.3) is 10.9 Å². The third-order valence-electron chi connectivity index (χ3n) is 4.64. The van der Waals surface area contributed by atoms with Gasteiger partial charge in [-0.2, -0.15) is 5.10 Å². The number of nitrogens with zero attached hydrogens (tertiary/aromatic N) is 3. The van der Waals surface area contributed by atoms with Crippen molar-refractivity contribution in [3.63, 3.8) is 0 Å². The quantitative estimate of drug-likeness (QED) is 0.616. The number of hydrazone groups is 1. The van der Waals surface area contributed by atoms with Crippen molar-refractivity contribution >= 4 is 34.1 Å². The molecule has 4 nitrogen and oxygen atoms in total. The van der Waals surface area contributed by atoms with Gasteiger partial charge in [-0.1, -0.05) is 67.1 Å². The van der Waals surface area contributed by atoms with E-state index in [2.05, 4.69) is 10.1 Å². The lowest BCUT2D eigenvalue weighted by molar-refractivity contribution is -0.132. The molecule has 0 N–H and O–H groups in total. The summed E-state index contributed by atoms with van der Waals surface area (Å²) in [7, 11) is 0. The fourth-order valence-electron chi connectivity index (χ4n) is 3.29. The molecular weight excluding hydrogens is 346 g/mol. The zero-order chi connectivity index (χ0) is 18.1. The van der Waals surface area contributed by atoms with Crippen LogP contribution in [-0.2, 0) is 4.79 Å². The van der Waals surface area contributed by atoms with Crippen molar-refractivity contribution in [1.29, 1.82) is 0 Å². The summed E-state index contributed by atoms with van der Waals surface area (Å²) in [6.45, 7) is 1.84. The van der Waals surface area contributed by atoms with Crippen LogP contribution in [0.5, 0.6) is 0 Å². The van der Waals surface area contributed by atoms with E-state index in [-0.39, 0.29) is 11.9 Å². The number of hydrogen-bond acceptors (Lipinski definition) is 3. The molecule has 0 fully saturated rings. The minimum atomic E-state index is -0.234. The van der Waals surface area contributed by atoms with Crippen LogP contribution in [-0.4, -0.2) is 21.6 Å². The van der Waals surface area contributed by atoms with Crippen LogP contribution in [0.4, 0.5) is 0 Å². The monoisotopic (exact) mass is 363 g/mol. The highest BCUT2D eigenvalue weighted by atomic mass is 35.5. The Balaban J connectivity index is 1.78. The number of rotatable bonds is 3. The van der Waals surface area contributed by atoms with E-state index in [0.717, 1.165) is 27.7 Å². The maximum absolute atomic E-state index is 12.5. The van der Waals surface area contributed by atoms with E-state index in [9.17, 15) is 4.79 Å². The SMILES string of the molecule is CCC(=O)N1N=C(c2ccccc2)CC1c1cc2ccccc2nc1Cl. The molecule has 2 heterocycles. The molecule has 1 aliphatic heterocycles. The molecule has 0 aliphatic carbocycles. The van der Waals surface area contributed by atoms with E-state index in [1.165, 1.54) is 0 Å². The highest BCUT2D eigenvalue weighted by molar-refractivity contribution is 6.30. The van der Waals surface area contributed by atoms with Crippen molar-refractivity contribution in [2.45, 2.75) is 25.8 Å². The minimum absolute atomic E-state index is 0.0230. The average Bonchev–Trinajstić information content (AvgIpc) is 3.12. The molecule has 4 rings (SSSR count). The molecule has 1 aliphatic rings. The van der Waals surface area contributed by atoms with E-state index in [1.54, 1.807) is 5.01 Å². The summed E-state index contributed by atoms with van der Waals surface area (Å²) in [4.78, 5) is 17.0. The van der Waals surface area contributed by atoms with Crippen molar-refractivity contribution in [3.05, 3.63) is 76.9 Å². The molecule has 2 aromatic carbocycles. The first-order valence-electron chi connectivity index (χ1n) is 8.67. The predicted molar refractivity (Wildman–Crippen MR) is 104 cm³/mol. The molecule has 1 unspecified atom stereocenters. The number of halogens is 1. The highest BCUT2D eigenvalue weighted by Crippen LogP contribution is 2.37. The molecule has 1 aromatic heterocycles. The van der Waals surface area contributed by atoms with Gasteiger partial charge in [0.25, 0.3) is 0 Å². The molecular formula is C21H18ClN3O. The molecule has 1 amide bonds. The van der Waals surface area contributed by atoms with Gasteiger partial charge >= 0.3 is 0 Å². The summed E-state index contributed by atoms with van der Waals surface area (Å²) in [5.74, 6) is -0.0230. The fourth-order valence-corrected chi connectivity index (χ4v) is 3.56. The molecule has 130 valence electrons.